The summed E-state index contributed by atoms with van der Waals surface area (Å²) in [5.41, 5.74) is 5.57. The number of rotatable bonds is 6. The standard InChI is InChI=1S/C10H20N2O2/c1-7(8-3-4-8)5-12-10(13)9(11)6-14-2/h7-9H,3-6,11H2,1-2H3,(H,12,13). The van der Waals surface area contributed by atoms with Gasteiger partial charge in [0.1, 0.15) is 6.04 Å². The van der Waals surface area contributed by atoms with Crippen LogP contribution in [0.15, 0.2) is 0 Å². The molecule has 2 unspecified atom stereocenters. The highest BCUT2D eigenvalue weighted by Crippen LogP contribution is 2.35. The fourth-order valence-electron chi connectivity index (χ4n) is 1.48. The average Bonchev–Trinajstić information content (AvgIpc) is 2.97. The molecule has 0 aromatic rings. The molecule has 4 heteroatoms. The first kappa shape index (κ1) is 11.5. The lowest BCUT2D eigenvalue weighted by Crippen LogP contribution is -2.44. The lowest BCUT2D eigenvalue weighted by molar-refractivity contribution is -0.123. The van der Waals surface area contributed by atoms with Crippen molar-refractivity contribution in [2.75, 3.05) is 20.3 Å². The van der Waals surface area contributed by atoms with Crippen molar-refractivity contribution in [1.82, 2.24) is 5.32 Å². The molecular weight excluding hydrogens is 180 g/mol. The Labute approximate surface area is 85.2 Å². The summed E-state index contributed by atoms with van der Waals surface area (Å²) < 4.78 is 4.81. The lowest BCUT2D eigenvalue weighted by atomic mass is 10.1. The average molecular weight is 200 g/mol. The fraction of sp³-hybridized carbons (Fsp3) is 0.900. The van der Waals surface area contributed by atoms with E-state index in [1.54, 1.807) is 7.11 Å². The molecule has 0 radical (unpaired) electrons. The molecule has 1 aliphatic rings. The van der Waals surface area contributed by atoms with Crippen LogP contribution in [0.2, 0.25) is 0 Å². The van der Waals surface area contributed by atoms with Crippen molar-refractivity contribution < 1.29 is 9.53 Å². The maximum atomic E-state index is 11.4. The zero-order valence-electron chi connectivity index (χ0n) is 8.95. The zero-order chi connectivity index (χ0) is 10.6. The number of ether oxygens (including phenoxy) is 1. The van der Waals surface area contributed by atoms with Crippen LogP contribution >= 0.6 is 0 Å². The van der Waals surface area contributed by atoms with E-state index in [2.05, 4.69) is 12.2 Å². The summed E-state index contributed by atoms with van der Waals surface area (Å²) in [6.07, 6.45) is 2.61. The normalized spacial score (nSPS) is 20.2. The van der Waals surface area contributed by atoms with Crippen molar-refractivity contribution in [3.8, 4) is 0 Å². The topological polar surface area (TPSA) is 64.3 Å². The van der Waals surface area contributed by atoms with Crippen LogP contribution in [0.4, 0.5) is 0 Å². The summed E-state index contributed by atoms with van der Waals surface area (Å²) in [4.78, 5) is 11.4. The molecule has 1 rings (SSSR count). The zero-order valence-corrected chi connectivity index (χ0v) is 8.95. The molecule has 0 aromatic heterocycles. The van der Waals surface area contributed by atoms with E-state index in [-0.39, 0.29) is 12.5 Å². The van der Waals surface area contributed by atoms with E-state index in [0.717, 1.165) is 12.5 Å². The molecule has 3 N–H and O–H groups in total. The van der Waals surface area contributed by atoms with Gasteiger partial charge in [-0.05, 0) is 24.7 Å². The van der Waals surface area contributed by atoms with Crippen LogP contribution in [0.25, 0.3) is 0 Å². The van der Waals surface area contributed by atoms with Gasteiger partial charge in [-0.25, -0.2) is 0 Å². The minimum Gasteiger partial charge on any atom is -0.383 e. The van der Waals surface area contributed by atoms with Gasteiger partial charge in [0.05, 0.1) is 6.61 Å². The van der Waals surface area contributed by atoms with Crippen LogP contribution in [-0.4, -0.2) is 32.2 Å². The minimum atomic E-state index is -0.536. The Morgan fingerprint density at radius 2 is 2.29 bits per heavy atom. The molecule has 0 spiro atoms. The number of hydrogen-bond donors (Lipinski definition) is 2. The van der Waals surface area contributed by atoms with Crippen LogP contribution in [0.3, 0.4) is 0 Å². The molecule has 1 aliphatic carbocycles. The molecule has 0 saturated heterocycles. The molecule has 2 atom stereocenters. The Kier molecular flexibility index (Phi) is 4.35. The highest BCUT2D eigenvalue weighted by molar-refractivity contribution is 5.81. The Bertz CT molecular complexity index is 193. The van der Waals surface area contributed by atoms with E-state index in [1.807, 2.05) is 0 Å². The molecular formula is C10H20N2O2. The molecule has 0 heterocycles. The summed E-state index contributed by atoms with van der Waals surface area (Å²) in [6, 6.07) is -0.536. The van der Waals surface area contributed by atoms with Crippen LogP contribution < -0.4 is 11.1 Å². The quantitative estimate of drug-likeness (QED) is 0.640. The second-order valence-corrected chi connectivity index (χ2v) is 4.12. The van der Waals surface area contributed by atoms with Crippen molar-refractivity contribution in [3.63, 3.8) is 0 Å². The number of hydrogen-bond acceptors (Lipinski definition) is 3. The third kappa shape index (κ3) is 3.64. The van der Waals surface area contributed by atoms with Crippen molar-refractivity contribution in [2.24, 2.45) is 17.6 Å². The monoisotopic (exact) mass is 200 g/mol. The molecule has 1 amide bonds. The molecule has 0 bridgehead atoms. The van der Waals surface area contributed by atoms with Gasteiger partial charge in [0.15, 0.2) is 0 Å². The summed E-state index contributed by atoms with van der Waals surface area (Å²) >= 11 is 0. The molecule has 4 nitrogen and oxygen atoms in total. The second kappa shape index (κ2) is 5.32. The van der Waals surface area contributed by atoms with Crippen molar-refractivity contribution in [3.05, 3.63) is 0 Å². The Hall–Kier alpha value is -0.610. The van der Waals surface area contributed by atoms with Gasteiger partial charge in [-0.1, -0.05) is 6.92 Å². The molecule has 1 saturated carbocycles. The predicted octanol–water partition coefficient (Wildman–Crippen LogP) is 0.122. The first-order chi connectivity index (χ1) is 6.65. The molecule has 1 fully saturated rings. The number of methoxy groups -OCH3 is 1. The molecule has 82 valence electrons. The summed E-state index contributed by atoms with van der Waals surface area (Å²) in [7, 11) is 1.54. The van der Waals surface area contributed by atoms with E-state index in [9.17, 15) is 4.79 Å². The maximum Gasteiger partial charge on any atom is 0.239 e. The largest absolute Gasteiger partial charge is 0.383 e. The Morgan fingerprint density at radius 1 is 1.64 bits per heavy atom. The van der Waals surface area contributed by atoms with Gasteiger partial charge >= 0.3 is 0 Å². The highest BCUT2D eigenvalue weighted by Gasteiger charge is 2.28. The summed E-state index contributed by atoms with van der Waals surface area (Å²) in [5.74, 6) is 1.28. The fourth-order valence-corrected chi connectivity index (χ4v) is 1.48. The first-order valence-corrected chi connectivity index (χ1v) is 5.17. The third-order valence-corrected chi connectivity index (χ3v) is 2.71. The number of nitrogens with two attached hydrogens (primary N) is 1. The van der Waals surface area contributed by atoms with E-state index in [0.29, 0.717) is 5.92 Å². The SMILES string of the molecule is COCC(N)C(=O)NCC(C)C1CC1. The second-order valence-electron chi connectivity index (χ2n) is 4.12. The number of carbonyl (C=O) groups is 1. The third-order valence-electron chi connectivity index (χ3n) is 2.71. The molecule has 0 aromatic carbocycles. The van der Waals surface area contributed by atoms with Gasteiger partial charge in [0, 0.05) is 13.7 Å². The van der Waals surface area contributed by atoms with Crippen LogP contribution in [-0.2, 0) is 9.53 Å². The van der Waals surface area contributed by atoms with Crippen molar-refractivity contribution in [1.29, 1.82) is 0 Å². The van der Waals surface area contributed by atoms with Gasteiger partial charge in [-0.15, -0.1) is 0 Å². The van der Waals surface area contributed by atoms with Crippen LogP contribution in [0.5, 0.6) is 0 Å². The Balaban J connectivity index is 2.12. The van der Waals surface area contributed by atoms with Crippen molar-refractivity contribution >= 4 is 5.91 Å². The van der Waals surface area contributed by atoms with Gasteiger partial charge in [0.2, 0.25) is 5.91 Å². The number of nitrogens with one attached hydrogen (secondary N) is 1. The van der Waals surface area contributed by atoms with Gasteiger partial charge in [-0.3, -0.25) is 4.79 Å². The van der Waals surface area contributed by atoms with E-state index >= 15 is 0 Å². The number of amides is 1. The lowest BCUT2D eigenvalue weighted by Gasteiger charge is -2.14. The van der Waals surface area contributed by atoms with Gasteiger partial charge in [0.25, 0.3) is 0 Å². The number of carbonyl (C=O) groups excluding carboxylic acids is 1. The van der Waals surface area contributed by atoms with E-state index in [1.165, 1.54) is 12.8 Å². The first-order valence-electron chi connectivity index (χ1n) is 5.17. The minimum absolute atomic E-state index is 0.112. The molecule has 14 heavy (non-hydrogen) atoms. The van der Waals surface area contributed by atoms with Crippen LogP contribution in [0.1, 0.15) is 19.8 Å². The van der Waals surface area contributed by atoms with E-state index < -0.39 is 6.04 Å². The summed E-state index contributed by atoms with van der Waals surface area (Å²) in [6.45, 7) is 3.18. The summed E-state index contributed by atoms with van der Waals surface area (Å²) in [5, 5.41) is 2.84. The van der Waals surface area contributed by atoms with Crippen molar-refractivity contribution in [2.45, 2.75) is 25.8 Å². The van der Waals surface area contributed by atoms with Gasteiger partial charge in [-0.2, -0.15) is 0 Å². The molecule has 0 aliphatic heterocycles. The highest BCUT2D eigenvalue weighted by atomic mass is 16.5. The maximum absolute atomic E-state index is 11.4. The van der Waals surface area contributed by atoms with Gasteiger partial charge < -0.3 is 15.8 Å². The van der Waals surface area contributed by atoms with Crippen LogP contribution in [0, 0.1) is 11.8 Å². The predicted molar refractivity (Wildman–Crippen MR) is 54.7 cm³/mol. The Morgan fingerprint density at radius 3 is 2.79 bits per heavy atom. The van der Waals surface area contributed by atoms with E-state index in [4.69, 9.17) is 10.5 Å². The smallest absolute Gasteiger partial charge is 0.239 e.